The summed E-state index contributed by atoms with van der Waals surface area (Å²) in [6.07, 6.45) is 0.533. The van der Waals surface area contributed by atoms with Gasteiger partial charge in [-0.3, -0.25) is 10.1 Å². The lowest BCUT2D eigenvalue weighted by atomic mass is 10.2. The van der Waals surface area contributed by atoms with Gasteiger partial charge < -0.3 is 10.1 Å². The number of aromatic nitrogens is 3. The quantitative estimate of drug-likeness (QED) is 0.666. The van der Waals surface area contributed by atoms with Gasteiger partial charge in [-0.1, -0.05) is 19.1 Å². The number of carboxylic acid groups (broad SMARTS) is 1. The number of nitrogens with one attached hydrogen (secondary N) is 2. The van der Waals surface area contributed by atoms with E-state index < -0.39 is 5.97 Å². The lowest BCUT2D eigenvalue weighted by Gasteiger charge is -2.00. The van der Waals surface area contributed by atoms with Gasteiger partial charge in [0.25, 0.3) is 0 Å². The van der Waals surface area contributed by atoms with Crippen molar-refractivity contribution in [3.05, 3.63) is 39.8 Å². The molecule has 1 aromatic carbocycles. The number of rotatable bonds is 5. The minimum Gasteiger partial charge on any atom is -0.477 e. The number of carbonyl (C=O) groups is 2. The average Bonchev–Trinajstić information content (AvgIpc) is 3.09. The largest absolute Gasteiger partial charge is 0.477 e. The summed E-state index contributed by atoms with van der Waals surface area (Å²) in [6.45, 7) is 1.89. The van der Waals surface area contributed by atoms with E-state index in [1.807, 2.05) is 31.2 Å². The molecule has 0 spiro atoms. The molecule has 3 N–H and O–H groups in total. The first-order chi connectivity index (χ1) is 11.1. The van der Waals surface area contributed by atoms with Crippen molar-refractivity contribution in [2.75, 3.05) is 5.32 Å². The molecule has 3 aromatic rings. The smallest absolute Gasteiger partial charge is 0.347 e. The van der Waals surface area contributed by atoms with E-state index in [1.54, 1.807) is 0 Å². The van der Waals surface area contributed by atoms with Crippen molar-refractivity contribution in [1.82, 2.24) is 15.0 Å². The van der Waals surface area contributed by atoms with Gasteiger partial charge in [-0.2, -0.15) is 0 Å². The van der Waals surface area contributed by atoms with E-state index in [4.69, 9.17) is 0 Å². The number of para-hydroxylation sites is 2. The van der Waals surface area contributed by atoms with Crippen LogP contribution >= 0.6 is 11.3 Å². The Kier molecular flexibility index (Phi) is 4.07. The van der Waals surface area contributed by atoms with Gasteiger partial charge in [0.1, 0.15) is 4.88 Å². The van der Waals surface area contributed by atoms with Crippen molar-refractivity contribution in [2.45, 2.75) is 19.8 Å². The van der Waals surface area contributed by atoms with Crippen molar-refractivity contribution in [3.8, 4) is 0 Å². The van der Waals surface area contributed by atoms with Crippen LogP contribution in [0.15, 0.2) is 24.3 Å². The number of H-pyrrole nitrogens is 1. The van der Waals surface area contributed by atoms with Crippen LogP contribution in [0.2, 0.25) is 0 Å². The minimum atomic E-state index is -1.06. The SMILES string of the molecule is CCc1nc(CC(=O)Nc2nc3ccccc3[nH]2)c(C(=O)O)s1. The highest BCUT2D eigenvalue weighted by Crippen LogP contribution is 2.20. The van der Waals surface area contributed by atoms with Crippen LogP contribution < -0.4 is 5.32 Å². The maximum Gasteiger partial charge on any atom is 0.347 e. The molecule has 118 valence electrons. The van der Waals surface area contributed by atoms with Crippen molar-refractivity contribution >= 4 is 40.2 Å². The summed E-state index contributed by atoms with van der Waals surface area (Å²) < 4.78 is 0. The van der Waals surface area contributed by atoms with E-state index >= 15 is 0 Å². The lowest BCUT2D eigenvalue weighted by Crippen LogP contribution is -2.17. The number of aromatic amines is 1. The summed E-state index contributed by atoms with van der Waals surface area (Å²) in [5.74, 6) is -1.09. The molecule has 0 aliphatic carbocycles. The molecule has 0 saturated heterocycles. The van der Waals surface area contributed by atoms with Crippen LogP contribution in [-0.4, -0.2) is 31.9 Å². The molecule has 0 saturated carbocycles. The molecule has 7 nitrogen and oxygen atoms in total. The molecule has 0 unspecified atom stereocenters. The first kappa shape index (κ1) is 15.2. The highest BCUT2D eigenvalue weighted by Gasteiger charge is 2.19. The van der Waals surface area contributed by atoms with E-state index in [0.29, 0.717) is 17.4 Å². The maximum absolute atomic E-state index is 12.1. The van der Waals surface area contributed by atoms with E-state index in [0.717, 1.165) is 22.4 Å². The molecule has 0 atom stereocenters. The summed E-state index contributed by atoms with van der Waals surface area (Å²) in [4.78, 5) is 34.9. The molecule has 3 rings (SSSR count). The highest BCUT2D eigenvalue weighted by molar-refractivity contribution is 7.13. The fourth-order valence-corrected chi connectivity index (χ4v) is 3.04. The normalized spacial score (nSPS) is 10.8. The first-order valence-corrected chi connectivity index (χ1v) is 7.85. The molecule has 0 bridgehead atoms. The molecule has 1 amide bonds. The second-order valence-corrected chi connectivity index (χ2v) is 5.95. The minimum absolute atomic E-state index is 0.102. The Balaban J connectivity index is 1.76. The predicted octanol–water partition coefficient (Wildman–Crippen LogP) is 2.46. The number of fused-ring (bicyclic) bond motifs is 1. The van der Waals surface area contributed by atoms with Crippen LogP contribution in [0, 0.1) is 0 Å². The first-order valence-electron chi connectivity index (χ1n) is 7.03. The van der Waals surface area contributed by atoms with Crippen molar-refractivity contribution < 1.29 is 14.7 Å². The summed E-state index contributed by atoms with van der Waals surface area (Å²) in [5, 5.41) is 12.5. The van der Waals surface area contributed by atoms with Crippen LogP contribution in [0.25, 0.3) is 11.0 Å². The Hall–Kier alpha value is -2.74. The Morgan fingerprint density at radius 1 is 1.30 bits per heavy atom. The molecular weight excluding hydrogens is 316 g/mol. The number of aryl methyl sites for hydroxylation is 1. The summed E-state index contributed by atoms with van der Waals surface area (Å²) >= 11 is 1.11. The number of carbonyl (C=O) groups excluding carboxylic acids is 1. The van der Waals surface area contributed by atoms with Gasteiger partial charge in [0, 0.05) is 0 Å². The molecule has 0 fully saturated rings. The molecule has 0 aliphatic rings. The van der Waals surface area contributed by atoms with Crippen LogP contribution in [0.5, 0.6) is 0 Å². The van der Waals surface area contributed by atoms with E-state index in [2.05, 4.69) is 20.3 Å². The van der Waals surface area contributed by atoms with E-state index in [-0.39, 0.29) is 22.9 Å². The van der Waals surface area contributed by atoms with Crippen LogP contribution in [-0.2, 0) is 17.6 Å². The number of hydrogen-bond acceptors (Lipinski definition) is 5. The zero-order chi connectivity index (χ0) is 16.4. The number of imidazole rings is 1. The third-order valence-corrected chi connectivity index (χ3v) is 4.44. The molecule has 2 aromatic heterocycles. The number of hydrogen-bond donors (Lipinski definition) is 3. The van der Waals surface area contributed by atoms with Crippen LogP contribution in [0.3, 0.4) is 0 Å². The Labute approximate surface area is 135 Å². The van der Waals surface area contributed by atoms with Gasteiger partial charge in [0.15, 0.2) is 0 Å². The summed E-state index contributed by atoms with van der Waals surface area (Å²) in [7, 11) is 0. The van der Waals surface area contributed by atoms with Gasteiger partial charge in [-0.15, -0.1) is 11.3 Å². The molecule has 2 heterocycles. The highest BCUT2D eigenvalue weighted by atomic mass is 32.1. The van der Waals surface area contributed by atoms with Crippen molar-refractivity contribution in [1.29, 1.82) is 0 Å². The standard InChI is InChI=1S/C15H14N4O3S/c1-2-12-16-10(13(23-12)14(21)22)7-11(20)19-15-17-8-5-3-4-6-9(8)18-15/h3-6H,2,7H2,1H3,(H,21,22)(H2,17,18,19,20). The zero-order valence-electron chi connectivity index (χ0n) is 12.3. The molecule has 23 heavy (non-hydrogen) atoms. The number of benzene rings is 1. The Bertz CT molecular complexity index is 851. The second-order valence-electron chi connectivity index (χ2n) is 4.87. The predicted molar refractivity (Wildman–Crippen MR) is 86.9 cm³/mol. The average molecular weight is 330 g/mol. The monoisotopic (exact) mass is 330 g/mol. The van der Waals surface area contributed by atoms with Gasteiger partial charge >= 0.3 is 5.97 Å². The Morgan fingerprint density at radius 2 is 2.09 bits per heavy atom. The van der Waals surface area contributed by atoms with Crippen molar-refractivity contribution in [2.24, 2.45) is 0 Å². The number of nitrogens with zero attached hydrogens (tertiary/aromatic N) is 2. The molecule has 8 heteroatoms. The third-order valence-electron chi connectivity index (χ3n) is 3.21. The summed E-state index contributed by atoms with van der Waals surface area (Å²) in [5.41, 5.74) is 1.85. The second kappa shape index (κ2) is 6.17. The van der Waals surface area contributed by atoms with E-state index in [9.17, 15) is 14.7 Å². The van der Waals surface area contributed by atoms with Gasteiger partial charge in [0.05, 0.1) is 28.2 Å². The van der Waals surface area contributed by atoms with Crippen LogP contribution in [0.4, 0.5) is 5.95 Å². The van der Waals surface area contributed by atoms with Crippen molar-refractivity contribution in [3.63, 3.8) is 0 Å². The lowest BCUT2D eigenvalue weighted by molar-refractivity contribution is -0.115. The summed E-state index contributed by atoms with van der Waals surface area (Å²) in [6, 6.07) is 7.41. The molecular formula is C15H14N4O3S. The Morgan fingerprint density at radius 3 is 2.78 bits per heavy atom. The topological polar surface area (TPSA) is 108 Å². The fraction of sp³-hybridized carbons (Fsp3) is 0.200. The van der Waals surface area contributed by atoms with Gasteiger partial charge in [-0.25, -0.2) is 14.8 Å². The number of anilines is 1. The molecule has 0 radical (unpaired) electrons. The molecule has 0 aliphatic heterocycles. The number of aromatic carboxylic acids is 1. The van der Waals surface area contributed by atoms with Gasteiger partial charge in [0.2, 0.25) is 11.9 Å². The van der Waals surface area contributed by atoms with E-state index in [1.165, 1.54) is 0 Å². The maximum atomic E-state index is 12.1. The van der Waals surface area contributed by atoms with Crippen LogP contribution in [0.1, 0.15) is 27.3 Å². The number of thiazole rings is 1. The number of carboxylic acids is 1. The number of amides is 1. The zero-order valence-corrected chi connectivity index (χ0v) is 13.1. The third kappa shape index (κ3) is 3.21. The fourth-order valence-electron chi connectivity index (χ4n) is 2.18. The van der Waals surface area contributed by atoms with Gasteiger partial charge in [-0.05, 0) is 18.6 Å².